The van der Waals surface area contributed by atoms with E-state index in [0.717, 1.165) is 30.9 Å². The molecule has 6 nitrogen and oxygen atoms in total. The van der Waals surface area contributed by atoms with Gasteiger partial charge >= 0.3 is 17.9 Å². The summed E-state index contributed by atoms with van der Waals surface area (Å²) in [6, 6.07) is 0. The molecule has 0 rings (SSSR count). The summed E-state index contributed by atoms with van der Waals surface area (Å²) in [6.45, 7) is 16.6. The Hall–Kier alpha value is -3.15. The van der Waals surface area contributed by atoms with Gasteiger partial charge in [0.05, 0.1) is 29.9 Å². The van der Waals surface area contributed by atoms with Crippen LogP contribution in [0.15, 0.2) is 75.0 Å². The van der Waals surface area contributed by atoms with Crippen LogP contribution in [0.3, 0.4) is 0 Å². The second kappa shape index (κ2) is 9.71. The van der Waals surface area contributed by atoms with E-state index in [1.165, 1.54) is 0 Å². The van der Waals surface area contributed by atoms with Crippen LogP contribution in [-0.4, -0.2) is 17.9 Å². The first-order chi connectivity index (χ1) is 10.5. The van der Waals surface area contributed by atoms with Gasteiger partial charge in [0.25, 0.3) is 0 Å². The Morgan fingerprint density at radius 1 is 0.773 bits per heavy atom. The van der Waals surface area contributed by atoms with E-state index in [1.54, 1.807) is 0 Å². The number of esters is 3. The lowest BCUT2D eigenvalue weighted by Crippen LogP contribution is -2.25. The van der Waals surface area contributed by atoms with Gasteiger partial charge in [-0.05, 0) is 0 Å². The smallest absolute Gasteiger partial charge is 0.343 e. The molecule has 6 heteroatoms. The zero-order valence-corrected chi connectivity index (χ0v) is 11.9. The van der Waals surface area contributed by atoms with Crippen LogP contribution in [0.25, 0.3) is 0 Å². The fraction of sp³-hybridized carbons (Fsp3) is 0.0625. The summed E-state index contributed by atoms with van der Waals surface area (Å²) in [7, 11) is 0. The van der Waals surface area contributed by atoms with Crippen LogP contribution in [0.5, 0.6) is 0 Å². The molecule has 0 aliphatic carbocycles. The van der Waals surface area contributed by atoms with Gasteiger partial charge in [-0.2, -0.15) is 0 Å². The number of carbonyl (C=O) groups is 3. The summed E-state index contributed by atoms with van der Waals surface area (Å²) in [6.07, 6.45) is 4.75. The highest BCUT2D eigenvalue weighted by molar-refractivity contribution is 6.06. The zero-order valence-electron chi connectivity index (χ0n) is 11.9. The molecule has 0 N–H and O–H groups in total. The standard InChI is InChI=1S/C16H16O6/c1-6-11(14(17)20-8-3)13(16(19)22-10-5)12(7-2)15(18)21-9-4/h6-11H,1-5H2. The average Bonchev–Trinajstić information content (AvgIpc) is 2.48. The Morgan fingerprint density at radius 2 is 1.27 bits per heavy atom. The van der Waals surface area contributed by atoms with Crippen LogP contribution >= 0.6 is 0 Å². The monoisotopic (exact) mass is 304 g/mol. The Morgan fingerprint density at radius 3 is 1.68 bits per heavy atom. The molecule has 1 unspecified atom stereocenters. The second-order valence-corrected chi connectivity index (χ2v) is 3.49. The van der Waals surface area contributed by atoms with Crippen molar-refractivity contribution in [2.24, 2.45) is 5.92 Å². The molecule has 0 aliphatic rings. The molecular formula is C16H16O6. The minimum Gasteiger partial charge on any atom is -0.434 e. The SMILES string of the molecule is C=COC(=O)C(C=C)=C(C(=O)OC=C)C(C=C)C(=O)OC=C. The van der Waals surface area contributed by atoms with Crippen LogP contribution in [0, 0.1) is 5.92 Å². The van der Waals surface area contributed by atoms with E-state index in [0.29, 0.717) is 0 Å². The number of ether oxygens (including phenoxy) is 3. The van der Waals surface area contributed by atoms with Crippen molar-refractivity contribution in [3.63, 3.8) is 0 Å². The molecule has 0 saturated carbocycles. The quantitative estimate of drug-likeness (QED) is 0.162. The highest BCUT2D eigenvalue weighted by Gasteiger charge is 2.32. The van der Waals surface area contributed by atoms with Crippen molar-refractivity contribution < 1.29 is 28.6 Å². The first-order valence-electron chi connectivity index (χ1n) is 5.92. The van der Waals surface area contributed by atoms with E-state index >= 15 is 0 Å². The van der Waals surface area contributed by atoms with Crippen molar-refractivity contribution >= 4 is 17.9 Å². The first kappa shape index (κ1) is 18.9. The van der Waals surface area contributed by atoms with Gasteiger partial charge in [-0.1, -0.05) is 38.5 Å². The van der Waals surface area contributed by atoms with Crippen molar-refractivity contribution in [1.82, 2.24) is 0 Å². The molecule has 116 valence electrons. The topological polar surface area (TPSA) is 78.9 Å². The minimum absolute atomic E-state index is 0.294. The molecule has 0 amide bonds. The summed E-state index contributed by atoms with van der Waals surface area (Å²) in [5.74, 6) is -4.13. The third kappa shape index (κ3) is 4.75. The lowest BCUT2D eigenvalue weighted by Gasteiger charge is -2.15. The maximum atomic E-state index is 12.0. The van der Waals surface area contributed by atoms with Crippen molar-refractivity contribution in [2.45, 2.75) is 0 Å². The van der Waals surface area contributed by atoms with Crippen molar-refractivity contribution in [1.29, 1.82) is 0 Å². The molecule has 0 spiro atoms. The molecule has 0 fully saturated rings. The van der Waals surface area contributed by atoms with Crippen LogP contribution in [0.1, 0.15) is 0 Å². The Bertz CT molecular complexity index is 553. The van der Waals surface area contributed by atoms with Gasteiger partial charge in [0.2, 0.25) is 0 Å². The molecular weight excluding hydrogens is 288 g/mol. The number of rotatable bonds is 9. The molecule has 0 bridgehead atoms. The van der Waals surface area contributed by atoms with Gasteiger partial charge in [0.1, 0.15) is 5.92 Å². The molecule has 0 aromatic heterocycles. The van der Waals surface area contributed by atoms with Gasteiger partial charge in [0.15, 0.2) is 0 Å². The van der Waals surface area contributed by atoms with E-state index in [1.807, 2.05) is 0 Å². The van der Waals surface area contributed by atoms with Gasteiger partial charge in [0, 0.05) is 0 Å². The van der Waals surface area contributed by atoms with Crippen LogP contribution in [0.4, 0.5) is 0 Å². The van der Waals surface area contributed by atoms with Gasteiger partial charge < -0.3 is 14.2 Å². The first-order valence-corrected chi connectivity index (χ1v) is 5.92. The van der Waals surface area contributed by atoms with E-state index in [9.17, 15) is 14.4 Å². The molecule has 0 saturated heterocycles. The fourth-order valence-electron chi connectivity index (χ4n) is 1.47. The molecule has 1 atom stereocenters. The molecule has 0 aromatic carbocycles. The van der Waals surface area contributed by atoms with Crippen LogP contribution in [0.2, 0.25) is 0 Å². The maximum absolute atomic E-state index is 12.0. The van der Waals surface area contributed by atoms with Gasteiger partial charge in [-0.3, -0.25) is 4.79 Å². The fourth-order valence-corrected chi connectivity index (χ4v) is 1.47. The minimum atomic E-state index is -1.30. The number of hydrogen-bond donors (Lipinski definition) is 0. The van der Waals surface area contributed by atoms with E-state index in [2.05, 4.69) is 47.1 Å². The summed E-state index contributed by atoms with van der Waals surface area (Å²) < 4.78 is 13.8. The van der Waals surface area contributed by atoms with Crippen LogP contribution in [-0.2, 0) is 28.6 Å². The molecule has 0 aliphatic heterocycles. The predicted molar refractivity (Wildman–Crippen MR) is 79.8 cm³/mol. The van der Waals surface area contributed by atoms with Gasteiger partial charge in [-0.15, -0.1) is 6.58 Å². The maximum Gasteiger partial charge on any atom is 0.343 e. The summed E-state index contributed by atoms with van der Waals surface area (Å²) >= 11 is 0. The summed E-state index contributed by atoms with van der Waals surface area (Å²) in [4.78, 5) is 35.8. The van der Waals surface area contributed by atoms with Gasteiger partial charge in [-0.25, -0.2) is 9.59 Å². The highest BCUT2D eigenvalue weighted by Crippen LogP contribution is 2.22. The van der Waals surface area contributed by atoms with Crippen molar-refractivity contribution in [3.8, 4) is 0 Å². The lowest BCUT2D eigenvalue weighted by molar-refractivity contribution is -0.143. The second-order valence-electron chi connectivity index (χ2n) is 3.49. The predicted octanol–water partition coefficient (Wildman–Crippen LogP) is 2.33. The third-order valence-corrected chi connectivity index (χ3v) is 2.31. The van der Waals surface area contributed by atoms with Crippen molar-refractivity contribution in [3.05, 3.63) is 75.0 Å². The van der Waals surface area contributed by atoms with Crippen LogP contribution < -0.4 is 0 Å². The molecule has 0 heterocycles. The number of hydrogen-bond acceptors (Lipinski definition) is 6. The molecule has 0 aromatic rings. The van der Waals surface area contributed by atoms with E-state index in [-0.39, 0.29) is 11.1 Å². The Labute approximate surface area is 128 Å². The van der Waals surface area contributed by atoms with E-state index in [4.69, 9.17) is 0 Å². The normalized spacial score (nSPS) is 11.8. The Kier molecular flexibility index (Phi) is 8.32. The Balaban J connectivity index is 6.18. The van der Waals surface area contributed by atoms with Crippen molar-refractivity contribution in [2.75, 3.05) is 0 Å². The lowest BCUT2D eigenvalue weighted by atomic mass is 9.93. The zero-order chi connectivity index (χ0) is 17.1. The molecule has 22 heavy (non-hydrogen) atoms. The summed E-state index contributed by atoms with van der Waals surface area (Å²) in [5.41, 5.74) is -0.652. The van der Waals surface area contributed by atoms with E-state index < -0.39 is 23.8 Å². The largest absolute Gasteiger partial charge is 0.434 e. The molecule has 0 radical (unpaired) electrons. The average molecular weight is 304 g/mol. The highest BCUT2D eigenvalue weighted by atomic mass is 16.5. The number of carbonyl (C=O) groups excluding carboxylic acids is 3. The summed E-state index contributed by atoms with van der Waals surface area (Å²) in [5, 5.41) is 0. The third-order valence-electron chi connectivity index (χ3n) is 2.31.